The molecule has 84 valence electrons. The van der Waals surface area contributed by atoms with Crippen LogP contribution in [0.25, 0.3) is 11.0 Å². The van der Waals surface area contributed by atoms with Gasteiger partial charge < -0.3 is 9.67 Å². The predicted molar refractivity (Wildman–Crippen MR) is 66.3 cm³/mol. The van der Waals surface area contributed by atoms with E-state index in [1.165, 1.54) is 0 Å². The predicted octanol–water partition coefficient (Wildman–Crippen LogP) is 2.88. The summed E-state index contributed by atoms with van der Waals surface area (Å²) in [6.45, 7) is 1.89. The number of aromatic nitrogens is 2. The molecular formula is C12H13BrN2O. The quantitative estimate of drug-likeness (QED) is 0.872. The monoisotopic (exact) mass is 280 g/mol. The lowest BCUT2D eigenvalue weighted by Crippen LogP contribution is -2.41. The summed E-state index contributed by atoms with van der Waals surface area (Å²) in [5.74, 6) is 0. The van der Waals surface area contributed by atoms with E-state index in [9.17, 15) is 5.11 Å². The Kier molecular flexibility index (Phi) is 2.13. The van der Waals surface area contributed by atoms with E-state index in [1.807, 2.05) is 31.5 Å². The number of aliphatic hydroxyl groups is 1. The zero-order chi connectivity index (χ0) is 11.3. The molecule has 0 bridgehead atoms. The average Bonchev–Trinajstić information content (AvgIpc) is 2.59. The molecule has 1 saturated carbocycles. The van der Waals surface area contributed by atoms with Gasteiger partial charge >= 0.3 is 0 Å². The smallest absolute Gasteiger partial charge is 0.0961 e. The summed E-state index contributed by atoms with van der Waals surface area (Å²) in [6, 6.07) is 6.39. The third-order valence-electron chi connectivity index (χ3n) is 3.29. The average molecular weight is 281 g/mol. The van der Waals surface area contributed by atoms with Crippen LogP contribution in [0, 0.1) is 0 Å². The molecule has 1 N–H and O–H groups in total. The fraction of sp³-hybridized carbons (Fsp3) is 0.417. The van der Waals surface area contributed by atoms with E-state index in [4.69, 9.17) is 0 Å². The van der Waals surface area contributed by atoms with Crippen molar-refractivity contribution in [1.82, 2.24) is 9.55 Å². The lowest BCUT2D eigenvalue weighted by atomic mass is 9.77. The second-order valence-electron chi connectivity index (χ2n) is 4.82. The molecule has 1 aromatic heterocycles. The summed E-state index contributed by atoms with van der Waals surface area (Å²) in [6.07, 6.45) is 3.48. The summed E-state index contributed by atoms with van der Waals surface area (Å²) < 4.78 is 3.23. The maximum absolute atomic E-state index is 9.78. The van der Waals surface area contributed by atoms with Crippen molar-refractivity contribution in [3.8, 4) is 0 Å². The molecule has 0 radical (unpaired) electrons. The molecule has 1 aliphatic carbocycles. The Morgan fingerprint density at radius 3 is 2.94 bits per heavy atom. The van der Waals surface area contributed by atoms with Crippen LogP contribution in [-0.4, -0.2) is 20.3 Å². The zero-order valence-corrected chi connectivity index (χ0v) is 10.6. The van der Waals surface area contributed by atoms with Crippen molar-refractivity contribution in [2.45, 2.75) is 31.4 Å². The van der Waals surface area contributed by atoms with E-state index in [-0.39, 0.29) is 0 Å². The number of para-hydroxylation sites is 1. The molecule has 16 heavy (non-hydrogen) atoms. The number of halogens is 1. The van der Waals surface area contributed by atoms with E-state index < -0.39 is 5.60 Å². The number of hydrogen-bond donors (Lipinski definition) is 1. The van der Waals surface area contributed by atoms with Crippen molar-refractivity contribution in [2.75, 3.05) is 0 Å². The van der Waals surface area contributed by atoms with Gasteiger partial charge in [0, 0.05) is 10.5 Å². The second kappa shape index (κ2) is 3.31. The van der Waals surface area contributed by atoms with Crippen LogP contribution >= 0.6 is 15.9 Å². The molecular weight excluding hydrogens is 268 g/mol. The van der Waals surface area contributed by atoms with Crippen LogP contribution in [0.5, 0.6) is 0 Å². The van der Waals surface area contributed by atoms with Gasteiger partial charge in [0.15, 0.2) is 0 Å². The van der Waals surface area contributed by atoms with Gasteiger partial charge in [-0.3, -0.25) is 0 Å². The van der Waals surface area contributed by atoms with Crippen molar-refractivity contribution in [2.24, 2.45) is 0 Å². The van der Waals surface area contributed by atoms with Crippen LogP contribution < -0.4 is 0 Å². The molecule has 4 heteroatoms. The fourth-order valence-corrected chi connectivity index (χ4v) is 3.04. The minimum Gasteiger partial charge on any atom is -0.390 e. The standard InChI is InChI=1S/C12H13BrN2O/c1-12(16)5-8(6-12)15-7-14-10-4-2-3-9(13)11(10)15/h2-4,7-8,16H,5-6H2,1H3/t8-,12+. The maximum Gasteiger partial charge on any atom is 0.0961 e. The van der Waals surface area contributed by atoms with Crippen molar-refractivity contribution < 1.29 is 5.11 Å². The molecule has 0 spiro atoms. The molecule has 0 amide bonds. The topological polar surface area (TPSA) is 38.0 Å². The maximum atomic E-state index is 9.78. The Morgan fingerprint density at radius 1 is 1.50 bits per heavy atom. The SMILES string of the molecule is C[C@]1(O)C[C@@H](n2cnc3cccc(Br)c32)C1. The highest BCUT2D eigenvalue weighted by atomic mass is 79.9. The van der Waals surface area contributed by atoms with Crippen LogP contribution in [0.3, 0.4) is 0 Å². The number of nitrogens with zero attached hydrogens (tertiary/aromatic N) is 2. The third kappa shape index (κ3) is 1.48. The van der Waals surface area contributed by atoms with Crippen LogP contribution in [0.2, 0.25) is 0 Å². The first kappa shape index (κ1) is 10.3. The largest absolute Gasteiger partial charge is 0.390 e. The number of fused-ring (bicyclic) bond motifs is 1. The van der Waals surface area contributed by atoms with E-state index in [0.29, 0.717) is 6.04 Å². The molecule has 0 atom stereocenters. The van der Waals surface area contributed by atoms with E-state index in [2.05, 4.69) is 25.5 Å². The van der Waals surface area contributed by atoms with Crippen molar-refractivity contribution in [3.63, 3.8) is 0 Å². The summed E-state index contributed by atoms with van der Waals surface area (Å²) >= 11 is 3.55. The molecule has 1 aliphatic rings. The Bertz CT molecular complexity index is 539. The number of rotatable bonds is 1. The zero-order valence-electron chi connectivity index (χ0n) is 9.02. The highest BCUT2D eigenvalue weighted by Crippen LogP contribution is 2.42. The summed E-state index contributed by atoms with van der Waals surface area (Å²) in [5.41, 5.74) is 1.63. The molecule has 1 fully saturated rings. The van der Waals surface area contributed by atoms with Gasteiger partial charge in [0.05, 0.1) is 23.0 Å². The first-order valence-electron chi connectivity index (χ1n) is 5.40. The van der Waals surface area contributed by atoms with Gasteiger partial charge in [-0.15, -0.1) is 0 Å². The Balaban J connectivity index is 2.06. The molecule has 0 saturated heterocycles. The Morgan fingerprint density at radius 2 is 2.25 bits per heavy atom. The van der Waals surface area contributed by atoms with Gasteiger partial charge in [-0.1, -0.05) is 6.07 Å². The molecule has 0 unspecified atom stereocenters. The fourth-order valence-electron chi connectivity index (χ4n) is 2.47. The van der Waals surface area contributed by atoms with Gasteiger partial charge in [0.1, 0.15) is 0 Å². The van der Waals surface area contributed by atoms with Crippen LogP contribution in [0.15, 0.2) is 29.0 Å². The van der Waals surface area contributed by atoms with E-state index in [0.717, 1.165) is 28.3 Å². The van der Waals surface area contributed by atoms with Crippen molar-refractivity contribution in [3.05, 3.63) is 29.0 Å². The summed E-state index contributed by atoms with van der Waals surface area (Å²) in [5, 5.41) is 9.78. The Hall–Kier alpha value is -0.870. The number of imidazole rings is 1. The van der Waals surface area contributed by atoms with Gasteiger partial charge in [0.25, 0.3) is 0 Å². The first-order valence-corrected chi connectivity index (χ1v) is 6.20. The lowest BCUT2D eigenvalue weighted by Gasteiger charge is -2.41. The summed E-state index contributed by atoms with van der Waals surface area (Å²) in [7, 11) is 0. The minimum absolute atomic E-state index is 0.374. The summed E-state index contributed by atoms with van der Waals surface area (Å²) in [4.78, 5) is 4.38. The number of hydrogen-bond acceptors (Lipinski definition) is 2. The molecule has 1 aromatic carbocycles. The molecule has 2 aromatic rings. The van der Waals surface area contributed by atoms with Gasteiger partial charge in [-0.05, 0) is 47.8 Å². The van der Waals surface area contributed by atoms with Crippen molar-refractivity contribution >= 4 is 27.0 Å². The minimum atomic E-state index is -0.498. The number of benzene rings is 1. The molecule has 3 nitrogen and oxygen atoms in total. The molecule has 0 aliphatic heterocycles. The highest BCUT2D eigenvalue weighted by Gasteiger charge is 2.39. The second-order valence-corrected chi connectivity index (χ2v) is 5.67. The molecule has 1 heterocycles. The van der Waals surface area contributed by atoms with Gasteiger partial charge in [0.2, 0.25) is 0 Å². The third-order valence-corrected chi connectivity index (χ3v) is 3.93. The van der Waals surface area contributed by atoms with Crippen LogP contribution in [0.1, 0.15) is 25.8 Å². The lowest BCUT2D eigenvalue weighted by molar-refractivity contribution is -0.0498. The highest BCUT2D eigenvalue weighted by molar-refractivity contribution is 9.10. The normalized spacial score (nSPS) is 29.3. The van der Waals surface area contributed by atoms with Crippen LogP contribution in [0.4, 0.5) is 0 Å². The van der Waals surface area contributed by atoms with Crippen molar-refractivity contribution in [1.29, 1.82) is 0 Å². The molecule has 3 rings (SSSR count). The van der Waals surface area contributed by atoms with E-state index >= 15 is 0 Å². The van der Waals surface area contributed by atoms with E-state index in [1.54, 1.807) is 0 Å². The first-order chi connectivity index (χ1) is 7.57. The van der Waals surface area contributed by atoms with Crippen LogP contribution in [-0.2, 0) is 0 Å². The Labute approximate surface area is 102 Å². The van der Waals surface area contributed by atoms with Gasteiger partial charge in [-0.25, -0.2) is 4.98 Å². The van der Waals surface area contributed by atoms with Gasteiger partial charge in [-0.2, -0.15) is 0 Å².